The molecular formula is C31H24F2N4O. The van der Waals surface area contributed by atoms with Crippen LogP contribution in [0.3, 0.4) is 0 Å². The minimum atomic E-state index is -0.636. The molecule has 2 aliphatic rings. The molecule has 2 aromatic heterocycles. The Morgan fingerprint density at radius 2 is 1.82 bits per heavy atom. The van der Waals surface area contributed by atoms with E-state index in [1.165, 1.54) is 18.2 Å². The number of carbonyl (C=O) groups is 1. The fraction of sp³-hybridized carbons (Fsp3) is 0.226. The van der Waals surface area contributed by atoms with E-state index in [-0.39, 0.29) is 29.0 Å². The predicted molar refractivity (Wildman–Crippen MR) is 139 cm³/mol. The van der Waals surface area contributed by atoms with Gasteiger partial charge in [-0.1, -0.05) is 44.2 Å². The van der Waals surface area contributed by atoms with Gasteiger partial charge in [-0.25, -0.2) is 13.8 Å². The Labute approximate surface area is 219 Å². The van der Waals surface area contributed by atoms with Crippen LogP contribution >= 0.6 is 0 Å². The van der Waals surface area contributed by atoms with E-state index in [1.54, 1.807) is 18.3 Å². The van der Waals surface area contributed by atoms with Crippen molar-refractivity contribution >= 4 is 5.78 Å². The Morgan fingerprint density at radius 1 is 1.03 bits per heavy atom. The zero-order chi connectivity index (χ0) is 26.6. The van der Waals surface area contributed by atoms with E-state index in [2.05, 4.69) is 11.1 Å². The molecule has 4 aromatic rings. The Kier molecular flexibility index (Phi) is 5.57. The number of imidazole rings is 1. The number of halogens is 2. The van der Waals surface area contributed by atoms with Crippen LogP contribution in [-0.2, 0) is 16.6 Å². The lowest BCUT2D eigenvalue weighted by atomic mass is 9.58. The molecule has 2 heterocycles. The molecule has 6 rings (SSSR count). The van der Waals surface area contributed by atoms with Gasteiger partial charge in [0.25, 0.3) is 0 Å². The van der Waals surface area contributed by atoms with Crippen LogP contribution in [0.25, 0.3) is 28.2 Å². The van der Waals surface area contributed by atoms with E-state index >= 15 is 0 Å². The number of allylic oxidation sites excluding steroid dienone is 2. The summed E-state index contributed by atoms with van der Waals surface area (Å²) in [7, 11) is 0. The molecule has 0 saturated carbocycles. The van der Waals surface area contributed by atoms with Crippen molar-refractivity contribution in [1.29, 1.82) is 5.26 Å². The van der Waals surface area contributed by atoms with Gasteiger partial charge in [0.2, 0.25) is 0 Å². The summed E-state index contributed by atoms with van der Waals surface area (Å²) in [5, 5.41) is 9.70. The highest BCUT2D eigenvalue weighted by Crippen LogP contribution is 2.50. The number of rotatable bonds is 3. The van der Waals surface area contributed by atoms with Gasteiger partial charge >= 0.3 is 0 Å². The van der Waals surface area contributed by atoms with Gasteiger partial charge in [-0.3, -0.25) is 14.3 Å². The van der Waals surface area contributed by atoms with Crippen molar-refractivity contribution in [2.75, 3.05) is 0 Å². The summed E-state index contributed by atoms with van der Waals surface area (Å²) in [6.45, 7) is 3.93. The lowest BCUT2D eigenvalue weighted by Crippen LogP contribution is -2.45. The summed E-state index contributed by atoms with van der Waals surface area (Å²) in [6.07, 6.45) is 5.93. The second kappa shape index (κ2) is 8.84. The number of fused-ring (bicyclic) bond motifs is 3. The molecular weight excluding hydrogens is 482 g/mol. The van der Waals surface area contributed by atoms with Gasteiger partial charge in [0.1, 0.15) is 23.5 Å². The van der Waals surface area contributed by atoms with Crippen LogP contribution in [0, 0.1) is 34.8 Å². The minimum absolute atomic E-state index is 0.00647. The van der Waals surface area contributed by atoms with Gasteiger partial charge in [-0.2, -0.15) is 5.26 Å². The van der Waals surface area contributed by atoms with Crippen molar-refractivity contribution in [1.82, 2.24) is 14.5 Å². The third kappa shape index (κ3) is 3.67. The summed E-state index contributed by atoms with van der Waals surface area (Å²) < 4.78 is 30.3. The van der Waals surface area contributed by atoms with E-state index in [0.717, 1.165) is 35.1 Å². The minimum Gasteiger partial charge on any atom is -0.296 e. The SMILES string of the molecule is C[C@H]1C(=O)C(C#N)=C[C@@]2(C)c3nc(-c4cccc(-c5cncc(F)c5)c4)n(-c4cccc(F)c4)c3CC[C@H]12. The first kappa shape index (κ1) is 23.9. The maximum absolute atomic E-state index is 14.4. The predicted octanol–water partition coefficient (Wildman–Crippen LogP) is 6.37. The number of nitriles is 1. The molecule has 3 atom stereocenters. The van der Waals surface area contributed by atoms with E-state index in [0.29, 0.717) is 23.5 Å². The Balaban J connectivity index is 1.60. The van der Waals surface area contributed by atoms with Crippen LogP contribution < -0.4 is 0 Å². The molecule has 2 aliphatic carbocycles. The standard InChI is InChI=1S/C31H24F2N4O/c1-18-26-9-10-27-29(31(26,2)14-22(15-34)28(18)38)36-30(37(27)25-8-4-7-23(32)13-25)20-6-3-5-19(11-20)21-12-24(33)17-35-16-21/h3-8,11-14,16-18,26H,9-10H2,1-2H3/t18-,26-,31-/m1/s1. The van der Waals surface area contributed by atoms with Crippen molar-refractivity contribution in [2.24, 2.45) is 11.8 Å². The number of carbonyl (C=O) groups excluding carboxylic acids is 1. The van der Waals surface area contributed by atoms with Gasteiger partial charge < -0.3 is 0 Å². The number of pyridine rings is 1. The molecule has 2 aromatic carbocycles. The second-order valence-electron chi connectivity index (χ2n) is 10.3. The molecule has 188 valence electrons. The molecule has 5 nitrogen and oxygen atoms in total. The van der Waals surface area contributed by atoms with Crippen LogP contribution in [0.5, 0.6) is 0 Å². The van der Waals surface area contributed by atoms with Gasteiger partial charge in [0, 0.05) is 34.4 Å². The largest absolute Gasteiger partial charge is 0.296 e. The number of hydrogen-bond acceptors (Lipinski definition) is 4. The van der Waals surface area contributed by atoms with Crippen LogP contribution in [-0.4, -0.2) is 20.3 Å². The first-order valence-electron chi connectivity index (χ1n) is 12.6. The quantitative estimate of drug-likeness (QED) is 0.324. The highest BCUT2D eigenvalue weighted by atomic mass is 19.1. The van der Waals surface area contributed by atoms with Crippen molar-refractivity contribution in [2.45, 2.75) is 32.1 Å². The van der Waals surface area contributed by atoms with Crippen LogP contribution in [0.4, 0.5) is 8.78 Å². The van der Waals surface area contributed by atoms with Gasteiger partial charge in [0.15, 0.2) is 5.78 Å². The zero-order valence-electron chi connectivity index (χ0n) is 21.0. The number of Topliss-reactive ketones (excluding diaryl/α,β-unsaturated/α-hetero) is 1. The van der Waals surface area contributed by atoms with E-state index in [4.69, 9.17) is 4.98 Å². The molecule has 0 N–H and O–H groups in total. The van der Waals surface area contributed by atoms with Gasteiger partial charge in [-0.15, -0.1) is 0 Å². The number of aromatic nitrogens is 3. The highest BCUT2D eigenvalue weighted by molar-refractivity contribution is 6.02. The number of nitrogens with zero attached hydrogens (tertiary/aromatic N) is 4. The Bertz CT molecular complexity index is 1680. The van der Waals surface area contributed by atoms with Crippen LogP contribution in [0.1, 0.15) is 31.7 Å². The smallest absolute Gasteiger partial charge is 0.176 e. The van der Waals surface area contributed by atoms with Crippen LogP contribution in [0.2, 0.25) is 0 Å². The average Bonchev–Trinajstić information content (AvgIpc) is 3.32. The fourth-order valence-electron chi connectivity index (χ4n) is 6.21. The van der Waals surface area contributed by atoms with E-state index in [9.17, 15) is 18.8 Å². The third-order valence-corrected chi connectivity index (χ3v) is 8.02. The molecule has 0 aliphatic heterocycles. The van der Waals surface area contributed by atoms with E-state index in [1.807, 2.05) is 48.7 Å². The highest BCUT2D eigenvalue weighted by Gasteiger charge is 2.50. The summed E-state index contributed by atoms with van der Waals surface area (Å²) in [4.78, 5) is 21.9. The average molecular weight is 507 g/mol. The molecule has 0 amide bonds. The Morgan fingerprint density at radius 3 is 2.58 bits per heavy atom. The summed E-state index contributed by atoms with van der Waals surface area (Å²) in [5.41, 5.74) is 4.06. The first-order chi connectivity index (χ1) is 18.3. The van der Waals surface area contributed by atoms with Gasteiger partial charge in [-0.05, 0) is 54.7 Å². The van der Waals surface area contributed by atoms with E-state index < -0.39 is 11.2 Å². The summed E-state index contributed by atoms with van der Waals surface area (Å²) >= 11 is 0. The third-order valence-electron chi connectivity index (χ3n) is 8.02. The Hall–Kier alpha value is -4.44. The van der Waals surface area contributed by atoms with Crippen molar-refractivity contribution in [3.63, 3.8) is 0 Å². The fourth-order valence-corrected chi connectivity index (χ4v) is 6.21. The van der Waals surface area contributed by atoms with Crippen LogP contribution in [0.15, 0.2) is 78.6 Å². The zero-order valence-corrected chi connectivity index (χ0v) is 21.0. The molecule has 38 heavy (non-hydrogen) atoms. The lowest BCUT2D eigenvalue weighted by molar-refractivity contribution is -0.121. The number of hydrogen-bond donors (Lipinski definition) is 0. The summed E-state index contributed by atoms with van der Waals surface area (Å²) in [5.74, 6) is -0.610. The molecule has 0 fully saturated rings. The normalized spacial score (nSPS) is 22.3. The number of benzene rings is 2. The van der Waals surface area contributed by atoms with Crippen molar-refractivity contribution in [3.8, 4) is 34.3 Å². The topological polar surface area (TPSA) is 71.6 Å². The second-order valence-corrected chi connectivity index (χ2v) is 10.3. The molecule has 0 unspecified atom stereocenters. The molecule has 0 spiro atoms. The molecule has 7 heteroatoms. The lowest BCUT2D eigenvalue weighted by Gasteiger charge is -2.44. The maximum atomic E-state index is 14.4. The summed E-state index contributed by atoms with van der Waals surface area (Å²) in [6, 6.07) is 17.5. The number of ketones is 1. The van der Waals surface area contributed by atoms with Crippen molar-refractivity contribution < 1.29 is 13.6 Å². The van der Waals surface area contributed by atoms with Gasteiger partial charge in [0.05, 0.1) is 23.2 Å². The molecule has 0 saturated heterocycles. The monoisotopic (exact) mass is 506 g/mol. The first-order valence-corrected chi connectivity index (χ1v) is 12.6. The molecule has 0 radical (unpaired) electrons. The van der Waals surface area contributed by atoms with Crippen molar-refractivity contribution in [3.05, 3.63) is 102 Å². The maximum Gasteiger partial charge on any atom is 0.176 e. The molecule has 0 bridgehead atoms.